The lowest BCUT2D eigenvalue weighted by Crippen LogP contribution is -2.46. The zero-order chi connectivity index (χ0) is 15.7. The van der Waals surface area contributed by atoms with Gasteiger partial charge in [-0.25, -0.2) is 4.98 Å². The van der Waals surface area contributed by atoms with Gasteiger partial charge in [0.25, 0.3) is 0 Å². The Balaban J connectivity index is 2.12. The van der Waals surface area contributed by atoms with Crippen molar-refractivity contribution in [3.05, 3.63) is 29.6 Å². The summed E-state index contributed by atoms with van der Waals surface area (Å²) in [6, 6.07) is 4.41. The SMILES string of the molecule is CN=Cc1ccc(N2C[C@@H](C)C[C@@H](N)C2)c2ncc(C)nc12. The maximum absolute atomic E-state index is 6.20. The number of hydrogen-bond donors (Lipinski definition) is 1. The second-order valence-corrected chi connectivity index (χ2v) is 6.28. The Bertz CT molecular complexity index is 700. The number of aliphatic imine (C=N–C) groups is 1. The molecule has 22 heavy (non-hydrogen) atoms. The van der Waals surface area contributed by atoms with E-state index in [2.05, 4.69) is 38.9 Å². The molecule has 0 aliphatic carbocycles. The van der Waals surface area contributed by atoms with Crippen LogP contribution in [0.3, 0.4) is 0 Å². The molecular weight excluding hydrogens is 274 g/mol. The van der Waals surface area contributed by atoms with Gasteiger partial charge in [-0.15, -0.1) is 0 Å². The maximum atomic E-state index is 6.20. The van der Waals surface area contributed by atoms with Crippen LogP contribution in [0.15, 0.2) is 23.3 Å². The average Bonchev–Trinajstić information content (AvgIpc) is 2.47. The van der Waals surface area contributed by atoms with Crippen molar-refractivity contribution in [2.75, 3.05) is 25.0 Å². The van der Waals surface area contributed by atoms with E-state index in [-0.39, 0.29) is 6.04 Å². The van der Waals surface area contributed by atoms with Crippen molar-refractivity contribution in [3.63, 3.8) is 0 Å². The van der Waals surface area contributed by atoms with Crippen molar-refractivity contribution in [2.24, 2.45) is 16.6 Å². The van der Waals surface area contributed by atoms with E-state index in [4.69, 9.17) is 5.73 Å². The molecule has 1 saturated heterocycles. The highest BCUT2D eigenvalue weighted by Crippen LogP contribution is 2.29. The molecule has 2 N–H and O–H groups in total. The average molecular weight is 297 g/mol. The van der Waals surface area contributed by atoms with E-state index in [9.17, 15) is 0 Å². The van der Waals surface area contributed by atoms with Crippen molar-refractivity contribution in [1.29, 1.82) is 0 Å². The van der Waals surface area contributed by atoms with E-state index in [0.717, 1.165) is 47.5 Å². The molecule has 1 aromatic heterocycles. The van der Waals surface area contributed by atoms with Gasteiger partial charge < -0.3 is 10.6 Å². The molecule has 0 saturated carbocycles. The summed E-state index contributed by atoms with van der Waals surface area (Å²) in [5, 5.41) is 0. The Morgan fingerprint density at radius 1 is 1.32 bits per heavy atom. The second kappa shape index (κ2) is 6.01. The fraction of sp³-hybridized carbons (Fsp3) is 0.471. The molecule has 2 aromatic rings. The Kier molecular flexibility index (Phi) is 4.07. The Hall–Kier alpha value is -2.01. The van der Waals surface area contributed by atoms with Crippen LogP contribution in [0.25, 0.3) is 11.0 Å². The Morgan fingerprint density at radius 3 is 2.86 bits per heavy atom. The maximum Gasteiger partial charge on any atom is 0.113 e. The molecule has 0 bridgehead atoms. The number of anilines is 1. The van der Waals surface area contributed by atoms with Gasteiger partial charge in [0, 0.05) is 44.2 Å². The Morgan fingerprint density at radius 2 is 2.14 bits per heavy atom. The minimum atomic E-state index is 0.217. The molecule has 1 aliphatic rings. The molecule has 3 rings (SSSR count). The molecule has 1 aromatic carbocycles. The van der Waals surface area contributed by atoms with E-state index < -0.39 is 0 Å². The molecule has 2 heterocycles. The van der Waals surface area contributed by atoms with Crippen molar-refractivity contribution in [2.45, 2.75) is 26.3 Å². The number of benzene rings is 1. The van der Waals surface area contributed by atoms with Crippen molar-refractivity contribution in [3.8, 4) is 0 Å². The highest BCUT2D eigenvalue weighted by atomic mass is 15.2. The molecule has 116 valence electrons. The van der Waals surface area contributed by atoms with E-state index >= 15 is 0 Å². The van der Waals surface area contributed by atoms with Crippen LogP contribution in [-0.2, 0) is 0 Å². The number of rotatable bonds is 2. The summed E-state index contributed by atoms with van der Waals surface area (Å²) in [4.78, 5) is 15.8. The quantitative estimate of drug-likeness (QED) is 0.863. The van der Waals surface area contributed by atoms with Crippen LogP contribution in [0.1, 0.15) is 24.6 Å². The lowest BCUT2D eigenvalue weighted by atomic mass is 9.95. The van der Waals surface area contributed by atoms with Crippen molar-refractivity contribution < 1.29 is 0 Å². The van der Waals surface area contributed by atoms with Crippen LogP contribution < -0.4 is 10.6 Å². The summed E-state index contributed by atoms with van der Waals surface area (Å²) < 4.78 is 0. The Labute approximate surface area is 131 Å². The van der Waals surface area contributed by atoms with E-state index in [1.165, 1.54) is 0 Å². The van der Waals surface area contributed by atoms with Crippen LogP contribution in [0.5, 0.6) is 0 Å². The first kappa shape index (κ1) is 14.9. The highest BCUT2D eigenvalue weighted by molar-refractivity contribution is 6.01. The number of aryl methyl sites for hydroxylation is 1. The first-order chi connectivity index (χ1) is 10.6. The lowest BCUT2D eigenvalue weighted by Gasteiger charge is -2.36. The predicted molar refractivity (Wildman–Crippen MR) is 91.8 cm³/mol. The second-order valence-electron chi connectivity index (χ2n) is 6.28. The van der Waals surface area contributed by atoms with Gasteiger partial charge in [0.1, 0.15) is 5.52 Å². The fourth-order valence-corrected chi connectivity index (χ4v) is 3.29. The number of nitrogens with two attached hydrogens (primary N) is 1. The van der Waals surface area contributed by atoms with Crippen LogP contribution in [0, 0.1) is 12.8 Å². The highest BCUT2D eigenvalue weighted by Gasteiger charge is 2.24. The van der Waals surface area contributed by atoms with Crippen LogP contribution in [0.4, 0.5) is 5.69 Å². The molecular formula is C17H23N5. The van der Waals surface area contributed by atoms with Gasteiger partial charge in [-0.3, -0.25) is 9.98 Å². The molecule has 5 nitrogen and oxygen atoms in total. The molecule has 0 amide bonds. The van der Waals surface area contributed by atoms with Crippen LogP contribution in [0.2, 0.25) is 0 Å². The zero-order valence-electron chi connectivity index (χ0n) is 13.5. The standard InChI is InChI=1S/C17H23N5/c1-11-6-14(18)10-22(9-11)15-5-4-13(8-19-3)16-17(15)20-7-12(2)21-16/h4-5,7-8,11,14H,6,9-10,18H2,1-3H3/t11-,14+/m0/s1. The van der Waals surface area contributed by atoms with Gasteiger partial charge >= 0.3 is 0 Å². The van der Waals surface area contributed by atoms with Crippen LogP contribution >= 0.6 is 0 Å². The minimum Gasteiger partial charge on any atom is -0.368 e. The van der Waals surface area contributed by atoms with E-state index in [0.29, 0.717) is 5.92 Å². The van der Waals surface area contributed by atoms with Crippen molar-refractivity contribution >= 4 is 22.9 Å². The number of fused-ring (bicyclic) bond motifs is 1. The molecule has 0 radical (unpaired) electrons. The lowest BCUT2D eigenvalue weighted by molar-refractivity contribution is 0.402. The number of aromatic nitrogens is 2. The molecule has 1 aliphatic heterocycles. The smallest absolute Gasteiger partial charge is 0.113 e. The van der Waals surface area contributed by atoms with Crippen molar-refractivity contribution in [1.82, 2.24) is 9.97 Å². The van der Waals surface area contributed by atoms with Gasteiger partial charge in [-0.2, -0.15) is 0 Å². The third-order valence-electron chi connectivity index (χ3n) is 4.13. The van der Waals surface area contributed by atoms with Crippen LogP contribution in [-0.4, -0.2) is 42.4 Å². The van der Waals surface area contributed by atoms with Gasteiger partial charge in [-0.05, 0) is 31.4 Å². The first-order valence-electron chi connectivity index (χ1n) is 7.77. The summed E-state index contributed by atoms with van der Waals surface area (Å²) in [6.45, 7) is 6.10. The molecule has 0 spiro atoms. The predicted octanol–water partition coefficient (Wildman–Crippen LogP) is 2.16. The summed E-state index contributed by atoms with van der Waals surface area (Å²) in [5.74, 6) is 0.592. The molecule has 0 unspecified atom stereocenters. The summed E-state index contributed by atoms with van der Waals surface area (Å²) in [6.07, 6.45) is 4.75. The summed E-state index contributed by atoms with van der Waals surface area (Å²) >= 11 is 0. The third kappa shape index (κ3) is 2.81. The molecule has 1 fully saturated rings. The monoisotopic (exact) mass is 297 g/mol. The number of nitrogens with zero attached hydrogens (tertiary/aromatic N) is 4. The van der Waals surface area contributed by atoms with Gasteiger partial charge in [-0.1, -0.05) is 6.92 Å². The van der Waals surface area contributed by atoms with E-state index in [1.807, 2.05) is 19.3 Å². The first-order valence-corrected chi connectivity index (χ1v) is 7.77. The zero-order valence-corrected chi connectivity index (χ0v) is 13.5. The number of piperidine rings is 1. The fourth-order valence-electron chi connectivity index (χ4n) is 3.29. The number of hydrogen-bond acceptors (Lipinski definition) is 5. The van der Waals surface area contributed by atoms with Gasteiger partial charge in [0.05, 0.1) is 16.9 Å². The molecule has 2 atom stereocenters. The largest absolute Gasteiger partial charge is 0.368 e. The molecule has 5 heteroatoms. The normalized spacial score (nSPS) is 22.6. The topological polar surface area (TPSA) is 67.4 Å². The summed E-state index contributed by atoms with van der Waals surface area (Å²) in [5.41, 5.74) is 11.1. The van der Waals surface area contributed by atoms with E-state index in [1.54, 1.807) is 7.05 Å². The van der Waals surface area contributed by atoms with Gasteiger partial charge in [0.2, 0.25) is 0 Å². The van der Waals surface area contributed by atoms with Gasteiger partial charge in [0.15, 0.2) is 0 Å². The minimum absolute atomic E-state index is 0.217. The third-order valence-corrected chi connectivity index (χ3v) is 4.13. The summed E-state index contributed by atoms with van der Waals surface area (Å²) in [7, 11) is 1.77.